The number of hydrogen-bond donors (Lipinski definition) is 0. The standard InChI is InChI=1S/C22H22N2O2/c25-22(13-10-17-6-2-1-3-7-17)24-15-14-19(16-24)26-21-12-11-18-8-4-5-9-20(18)23-21/h1-9,11-12,19H,10,13-16H2/t19-/m1/s1. The van der Waals surface area contributed by atoms with Crippen molar-refractivity contribution in [3.63, 3.8) is 0 Å². The zero-order valence-electron chi connectivity index (χ0n) is 14.7. The number of fused-ring (bicyclic) bond motifs is 1. The van der Waals surface area contributed by atoms with Gasteiger partial charge in [0.15, 0.2) is 0 Å². The van der Waals surface area contributed by atoms with E-state index in [0.29, 0.717) is 18.8 Å². The number of aryl methyl sites for hydroxylation is 1. The average molecular weight is 346 g/mol. The lowest BCUT2D eigenvalue weighted by Crippen LogP contribution is -2.31. The first-order valence-electron chi connectivity index (χ1n) is 9.12. The number of pyridine rings is 1. The largest absolute Gasteiger partial charge is 0.472 e. The van der Waals surface area contributed by atoms with E-state index in [1.165, 1.54) is 5.56 Å². The summed E-state index contributed by atoms with van der Waals surface area (Å²) in [6.07, 6.45) is 2.20. The van der Waals surface area contributed by atoms with Crippen LogP contribution in [0.2, 0.25) is 0 Å². The van der Waals surface area contributed by atoms with E-state index in [2.05, 4.69) is 17.1 Å². The first-order chi connectivity index (χ1) is 12.8. The molecular weight excluding hydrogens is 324 g/mol. The first-order valence-corrected chi connectivity index (χ1v) is 9.12. The topological polar surface area (TPSA) is 42.4 Å². The normalized spacial score (nSPS) is 16.8. The highest BCUT2D eigenvalue weighted by Gasteiger charge is 2.27. The number of carbonyl (C=O) groups excluding carboxylic acids is 1. The molecule has 1 fully saturated rings. The zero-order valence-corrected chi connectivity index (χ0v) is 14.7. The minimum Gasteiger partial charge on any atom is -0.472 e. The zero-order chi connectivity index (χ0) is 17.8. The lowest BCUT2D eigenvalue weighted by Gasteiger charge is -2.17. The third-order valence-corrected chi connectivity index (χ3v) is 4.83. The molecule has 2 aromatic carbocycles. The van der Waals surface area contributed by atoms with Crippen LogP contribution in [0.5, 0.6) is 5.88 Å². The Morgan fingerprint density at radius 2 is 1.85 bits per heavy atom. The Morgan fingerprint density at radius 3 is 2.73 bits per heavy atom. The summed E-state index contributed by atoms with van der Waals surface area (Å²) >= 11 is 0. The summed E-state index contributed by atoms with van der Waals surface area (Å²) < 4.78 is 6.02. The van der Waals surface area contributed by atoms with E-state index < -0.39 is 0 Å². The Morgan fingerprint density at radius 1 is 1.04 bits per heavy atom. The van der Waals surface area contributed by atoms with Crippen LogP contribution in [0.15, 0.2) is 66.7 Å². The molecule has 4 nitrogen and oxygen atoms in total. The van der Waals surface area contributed by atoms with Crippen LogP contribution in [0.25, 0.3) is 10.9 Å². The fraction of sp³-hybridized carbons (Fsp3) is 0.273. The van der Waals surface area contributed by atoms with Gasteiger partial charge in [-0.1, -0.05) is 48.5 Å². The van der Waals surface area contributed by atoms with E-state index in [1.54, 1.807) is 0 Å². The predicted molar refractivity (Wildman–Crippen MR) is 102 cm³/mol. The average Bonchev–Trinajstić information content (AvgIpc) is 3.15. The second-order valence-electron chi connectivity index (χ2n) is 6.70. The van der Waals surface area contributed by atoms with Crippen LogP contribution in [0.4, 0.5) is 0 Å². The number of likely N-dealkylation sites (tertiary alicyclic amines) is 1. The number of amides is 1. The highest BCUT2D eigenvalue weighted by molar-refractivity contribution is 5.79. The molecule has 0 unspecified atom stereocenters. The van der Waals surface area contributed by atoms with Crippen LogP contribution in [0, 0.1) is 0 Å². The maximum Gasteiger partial charge on any atom is 0.223 e. The van der Waals surface area contributed by atoms with Crippen molar-refractivity contribution in [2.24, 2.45) is 0 Å². The summed E-state index contributed by atoms with van der Waals surface area (Å²) in [6, 6.07) is 22.1. The van der Waals surface area contributed by atoms with E-state index in [0.717, 1.165) is 30.3 Å². The number of rotatable bonds is 5. The maximum atomic E-state index is 12.4. The van der Waals surface area contributed by atoms with Crippen LogP contribution < -0.4 is 4.74 Å². The summed E-state index contributed by atoms with van der Waals surface area (Å²) in [5, 5.41) is 1.10. The van der Waals surface area contributed by atoms with Crippen molar-refractivity contribution in [2.45, 2.75) is 25.4 Å². The minimum absolute atomic E-state index is 0.0179. The van der Waals surface area contributed by atoms with E-state index in [9.17, 15) is 4.79 Å². The highest BCUT2D eigenvalue weighted by atomic mass is 16.5. The molecule has 0 N–H and O–H groups in total. The molecule has 2 heterocycles. The number of ether oxygens (including phenoxy) is 1. The Hall–Kier alpha value is -2.88. The summed E-state index contributed by atoms with van der Waals surface area (Å²) in [5.41, 5.74) is 2.13. The van der Waals surface area contributed by atoms with Gasteiger partial charge in [-0.15, -0.1) is 0 Å². The molecule has 4 heteroatoms. The van der Waals surface area contributed by atoms with Gasteiger partial charge in [-0.05, 0) is 24.1 Å². The smallest absolute Gasteiger partial charge is 0.223 e. The molecule has 1 atom stereocenters. The molecule has 132 valence electrons. The third kappa shape index (κ3) is 3.85. The lowest BCUT2D eigenvalue weighted by molar-refractivity contribution is -0.130. The van der Waals surface area contributed by atoms with Gasteiger partial charge in [0.05, 0.1) is 12.1 Å². The van der Waals surface area contributed by atoms with Gasteiger partial charge in [0, 0.05) is 30.8 Å². The summed E-state index contributed by atoms with van der Waals surface area (Å²) in [6.45, 7) is 1.40. The van der Waals surface area contributed by atoms with Crippen molar-refractivity contribution in [2.75, 3.05) is 13.1 Å². The molecule has 0 saturated carbocycles. The molecule has 0 spiro atoms. The van der Waals surface area contributed by atoms with Gasteiger partial charge in [-0.2, -0.15) is 0 Å². The van der Waals surface area contributed by atoms with E-state index in [1.807, 2.05) is 59.5 Å². The molecule has 1 aliphatic rings. The number of nitrogens with zero attached hydrogens (tertiary/aromatic N) is 2. The monoisotopic (exact) mass is 346 g/mol. The third-order valence-electron chi connectivity index (χ3n) is 4.83. The Kier molecular flexibility index (Phi) is 4.82. The second-order valence-corrected chi connectivity index (χ2v) is 6.70. The van der Waals surface area contributed by atoms with Crippen molar-refractivity contribution >= 4 is 16.8 Å². The Labute approximate surface area is 153 Å². The lowest BCUT2D eigenvalue weighted by atomic mass is 10.1. The van der Waals surface area contributed by atoms with Crippen LogP contribution in [-0.2, 0) is 11.2 Å². The van der Waals surface area contributed by atoms with Gasteiger partial charge in [-0.3, -0.25) is 4.79 Å². The summed E-state index contributed by atoms with van der Waals surface area (Å²) in [4.78, 5) is 18.9. The van der Waals surface area contributed by atoms with Gasteiger partial charge in [0.1, 0.15) is 6.10 Å². The van der Waals surface area contributed by atoms with E-state index >= 15 is 0 Å². The summed E-state index contributed by atoms with van der Waals surface area (Å²) in [5.74, 6) is 0.832. The SMILES string of the molecule is O=C(CCc1ccccc1)N1CC[C@@H](Oc2ccc3ccccc3n2)C1. The molecule has 0 radical (unpaired) electrons. The predicted octanol–water partition coefficient (Wildman–Crippen LogP) is 3.85. The molecule has 3 aromatic rings. The molecule has 1 amide bonds. The fourth-order valence-electron chi connectivity index (χ4n) is 3.39. The van der Waals surface area contributed by atoms with Gasteiger partial charge in [0.2, 0.25) is 11.8 Å². The summed E-state index contributed by atoms with van der Waals surface area (Å²) in [7, 11) is 0. The quantitative estimate of drug-likeness (QED) is 0.705. The molecule has 0 aliphatic carbocycles. The number of hydrogen-bond acceptors (Lipinski definition) is 3. The molecule has 1 saturated heterocycles. The van der Waals surface area contributed by atoms with Crippen molar-refractivity contribution in [3.05, 3.63) is 72.3 Å². The van der Waals surface area contributed by atoms with Gasteiger partial charge in [-0.25, -0.2) is 4.98 Å². The fourth-order valence-corrected chi connectivity index (χ4v) is 3.39. The molecule has 1 aromatic heterocycles. The van der Waals surface area contributed by atoms with Gasteiger partial charge < -0.3 is 9.64 Å². The molecule has 4 rings (SSSR count). The van der Waals surface area contributed by atoms with Crippen molar-refractivity contribution < 1.29 is 9.53 Å². The number of carbonyl (C=O) groups is 1. The van der Waals surface area contributed by atoms with E-state index in [-0.39, 0.29) is 12.0 Å². The number of aromatic nitrogens is 1. The molecular formula is C22H22N2O2. The minimum atomic E-state index is 0.0179. The van der Waals surface area contributed by atoms with Crippen molar-refractivity contribution in [3.8, 4) is 5.88 Å². The van der Waals surface area contributed by atoms with Crippen LogP contribution >= 0.6 is 0 Å². The maximum absolute atomic E-state index is 12.4. The number of para-hydroxylation sites is 1. The second kappa shape index (κ2) is 7.56. The Balaban J connectivity index is 1.32. The molecule has 0 bridgehead atoms. The van der Waals surface area contributed by atoms with Crippen molar-refractivity contribution in [1.29, 1.82) is 0 Å². The van der Waals surface area contributed by atoms with Gasteiger partial charge >= 0.3 is 0 Å². The van der Waals surface area contributed by atoms with Crippen molar-refractivity contribution in [1.82, 2.24) is 9.88 Å². The highest BCUT2D eigenvalue weighted by Crippen LogP contribution is 2.21. The van der Waals surface area contributed by atoms with Crippen LogP contribution in [0.3, 0.4) is 0 Å². The first kappa shape index (κ1) is 16.6. The van der Waals surface area contributed by atoms with E-state index in [4.69, 9.17) is 4.74 Å². The number of benzene rings is 2. The van der Waals surface area contributed by atoms with Gasteiger partial charge in [0.25, 0.3) is 0 Å². The molecule has 26 heavy (non-hydrogen) atoms. The Bertz CT molecular complexity index is 895. The van der Waals surface area contributed by atoms with Crippen LogP contribution in [-0.4, -0.2) is 35.0 Å². The van der Waals surface area contributed by atoms with Crippen LogP contribution in [0.1, 0.15) is 18.4 Å². The molecule has 1 aliphatic heterocycles.